The molecule has 2 aromatic heterocycles. The number of benzene rings is 2. The van der Waals surface area contributed by atoms with Gasteiger partial charge in [0, 0.05) is 53.2 Å². The molecule has 1 saturated heterocycles. The third-order valence-corrected chi connectivity index (χ3v) is 10.2. The topological polar surface area (TPSA) is 210 Å². The monoisotopic (exact) mass is 803 g/mol. The summed E-state index contributed by atoms with van der Waals surface area (Å²) in [6.07, 6.45) is 2.66. The summed E-state index contributed by atoms with van der Waals surface area (Å²) in [4.78, 5) is 56.6. The van der Waals surface area contributed by atoms with Gasteiger partial charge in [-0.05, 0) is 75.1 Å². The molecule has 2 fully saturated rings. The van der Waals surface area contributed by atoms with Crippen LogP contribution in [-0.2, 0) is 14.4 Å². The van der Waals surface area contributed by atoms with E-state index in [0.29, 0.717) is 47.5 Å². The minimum Gasteiger partial charge on any atom is -0.496 e. The molecule has 310 valence electrons. The number of thiazole rings is 1. The van der Waals surface area contributed by atoms with E-state index in [9.17, 15) is 19.2 Å². The molecule has 2 amide bonds. The van der Waals surface area contributed by atoms with Gasteiger partial charge in [0.05, 0.1) is 30.6 Å². The number of carbonyl (C=O) groups excluding carboxylic acids is 3. The van der Waals surface area contributed by atoms with Crippen molar-refractivity contribution < 1.29 is 19.1 Å². The number of fused-ring (bicyclic) bond motifs is 1. The molecule has 15 heteroatoms. The number of likely N-dealkylation sites (tertiary alicyclic amines) is 1. The van der Waals surface area contributed by atoms with Crippen molar-refractivity contribution in [1.82, 2.24) is 25.7 Å². The first-order valence-corrected chi connectivity index (χ1v) is 20.2. The number of hydrogen-bond donors (Lipinski definition) is 6. The van der Waals surface area contributed by atoms with Gasteiger partial charge in [-0.2, -0.15) is 0 Å². The van der Waals surface area contributed by atoms with Crippen LogP contribution in [0.25, 0.3) is 21.6 Å². The van der Waals surface area contributed by atoms with E-state index >= 15 is 0 Å². The average Bonchev–Trinajstić information content (AvgIpc) is 3.51. The van der Waals surface area contributed by atoms with Crippen LogP contribution in [0.4, 0.5) is 5.69 Å². The molecule has 8 N–H and O–H groups in total. The Morgan fingerprint density at radius 3 is 2.35 bits per heavy atom. The highest BCUT2D eigenvalue weighted by Crippen LogP contribution is 2.38. The lowest BCUT2D eigenvalue weighted by molar-refractivity contribution is -0.136. The average molecular weight is 804 g/mol. The van der Waals surface area contributed by atoms with Crippen molar-refractivity contribution in [2.45, 2.75) is 86.6 Å². The van der Waals surface area contributed by atoms with Crippen molar-refractivity contribution in [3.8, 4) is 16.5 Å². The van der Waals surface area contributed by atoms with Crippen molar-refractivity contribution in [1.29, 1.82) is 0 Å². The zero-order valence-corrected chi connectivity index (χ0v) is 35.8. The van der Waals surface area contributed by atoms with E-state index < -0.39 is 0 Å². The molecule has 1 aliphatic heterocycles. The van der Waals surface area contributed by atoms with Gasteiger partial charge >= 0.3 is 0 Å². The van der Waals surface area contributed by atoms with E-state index in [1.165, 1.54) is 0 Å². The molecular formula is C42H61N9O5S. The van der Waals surface area contributed by atoms with Crippen molar-refractivity contribution in [3.63, 3.8) is 0 Å². The van der Waals surface area contributed by atoms with Gasteiger partial charge in [-0.1, -0.05) is 53.7 Å². The Bertz CT molecular complexity index is 2060. The molecule has 1 aliphatic carbocycles. The number of methoxy groups -OCH3 is 1. The van der Waals surface area contributed by atoms with Crippen molar-refractivity contribution >= 4 is 51.4 Å². The number of hydrogen-bond acceptors (Lipinski definition) is 11. The maximum atomic E-state index is 12.4. The standard InChI is InChI=1S/C17H18N2O2S.C15H23N7O2.C6H10O.C4H10/c1-9(2)13-8-22-17(19-13)12-7-14(20)11-5-6-15(21-4)10(3)16(11)18-12;1-18-15(24)12-6-3-7-22(12)13(23)9-19-11-5-2-4-10(8-11)14(16)20-21-17;1-4-3-6(4)5(2)7;1-4(2)3/h5-9H,1-4H3,(H,18,20);2,4-5,8,12,19,21H,3,6-7,9,17H2,1H3,(H2,16,20)(H,18,24);4,6H,3H2,1-2H3;4H,1-3H3/t;;4-,6?;/m..1./s1. The van der Waals surface area contributed by atoms with Crippen LogP contribution < -0.4 is 37.9 Å². The van der Waals surface area contributed by atoms with Gasteiger partial charge in [-0.25, -0.2) is 16.4 Å². The molecule has 3 heterocycles. The normalized spacial score (nSPS) is 17.0. The SMILES string of the molecule is CC(=O)C1C[C@H]1C.CC(C)C.CNC(=O)C1CCCN1C(=O)CNc1cccc(/C(N)=N/NN)c1.COc1ccc2c(=O)cc(-c3nc(C(C)C)cs3)[nH]c2c1C. The first-order valence-electron chi connectivity index (χ1n) is 19.3. The number of hydrazone groups is 1. The van der Waals surface area contributed by atoms with E-state index in [2.05, 4.69) is 72.8 Å². The van der Waals surface area contributed by atoms with Crippen LogP contribution in [0.5, 0.6) is 5.75 Å². The van der Waals surface area contributed by atoms with Gasteiger partial charge in [0.25, 0.3) is 0 Å². The maximum Gasteiger partial charge on any atom is 0.242 e. The lowest BCUT2D eigenvalue weighted by Gasteiger charge is -2.23. The number of aromatic amines is 1. The van der Waals surface area contributed by atoms with E-state index in [1.807, 2.05) is 24.4 Å². The Morgan fingerprint density at radius 1 is 1.12 bits per heavy atom. The number of carbonyl (C=O) groups is 3. The van der Waals surface area contributed by atoms with Gasteiger partial charge in [-0.15, -0.1) is 16.4 Å². The van der Waals surface area contributed by atoms with Gasteiger partial charge in [0.2, 0.25) is 11.8 Å². The predicted octanol–water partition coefficient (Wildman–Crippen LogP) is 5.90. The predicted molar refractivity (Wildman–Crippen MR) is 231 cm³/mol. The van der Waals surface area contributed by atoms with Crippen molar-refractivity contribution in [2.75, 3.05) is 32.6 Å². The molecule has 57 heavy (non-hydrogen) atoms. The second-order valence-electron chi connectivity index (χ2n) is 15.2. The molecule has 14 nitrogen and oxygen atoms in total. The summed E-state index contributed by atoms with van der Waals surface area (Å²) in [5, 5.41) is 12.9. The number of ether oxygens (including phenoxy) is 1. The molecule has 2 aromatic carbocycles. The Hall–Kier alpha value is -5.28. The van der Waals surface area contributed by atoms with E-state index in [-0.39, 0.29) is 35.7 Å². The Balaban J connectivity index is 0.000000242. The fourth-order valence-corrected chi connectivity index (χ4v) is 7.00. The van der Waals surface area contributed by atoms with Crippen LogP contribution >= 0.6 is 11.3 Å². The Morgan fingerprint density at radius 2 is 1.81 bits per heavy atom. The third-order valence-electron chi connectivity index (χ3n) is 9.32. The second kappa shape index (κ2) is 21.9. The van der Waals surface area contributed by atoms with E-state index in [0.717, 1.165) is 57.7 Å². The number of H-pyrrole nitrogens is 1. The van der Waals surface area contributed by atoms with Crippen LogP contribution in [0, 0.1) is 24.7 Å². The summed E-state index contributed by atoms with van der Waals surface area (Å²) in [5.74, 6) is 8.57. The maximum absolute atomic E-state index is 12.4. The van der Waals surface area contributed by atoms with Crippen LogP contribution in [0.3, 0.4) is 0 Å². The first-order chi connectivity index (χ1) is 27.0. The highest BCUT2D eigenvalue weighted by molar-refractivity contribution is 7.13. The van der Waals surface area contributed by atoms with Crippen LogP contribution in [0.15, 0.2) is 57.7 Å². The number of amidine groups is 1. The van der Waals surface area contributed by atoms with Crippen LogP contribution in [0.1, 0.15) is 90.5 Å². The zero-order valence-electron chi connectivity index (χ0n) is 35.0. The largest absolute Gasteiger partial charge is 0.496 e. The lowest BCUT2D eigenvalue weighted by Crippen LogP contribution is -2.46. The number of likely N-dealkylation sites (N-methyl/N-ethyl adjacent to an activating group) is 1. The fourth-order valence-electron chi connectivity index (χ4n) is 6.04. The number of nitrogens with two attached hydrogens (primary N) is 2. The van der Waals surface area contributed by atoms with Crippen LogP contribution in [-0.4, -0.2) is 71.6 Å². The number of nitrogens with one attached hydrogen (secondary N) is 4. The molecule has 0 spiro atoms. The molecule has 0 radical (unpaired) electrons. The van der Waals surface area contributed by atoms with Crippen molar-refractivity contribution in [2.24, 2.45) is 34.4 Å². The molecule has 1 saturated carbocycles. The molecule has 3 atom stereocenters. The number of pyridine rings is 1. The number of Topliss-reactive ketones (excluding diaryl/α,β-unsaturated/α-hetero) is 1. The molecule has 2 aliphatic rings. The molecular weight excluding hydrogens is 743 g/mol. The number of anilines is 1. The van der Waals surface area contributed by atoms with Gasteiger partial charge in [0.1, 0.15) is 22.6 Å². The minimum absolute atomic E-state index is 0.00389. The van der Waals surface area contributed by atoms with Crippen LogP contribution in [0.2, 0.25) is 0 Å². The molecule has 2 unspecified atom stereocenters. The van der Waals surface area contributed by atoms with Crippen molar-refractivity contribution in [3.05, 3.63) is 74.9 Å². The first kappa shape index (κ1) is 46.1. The molecule has 4 aromatic rings. The summed E-state index contributed by atoms with van der Waals surface area (Å²) in [5.41, 5.74) is 12.8. The fraction of sp³-hybridized carbons (Fsp3) is 0.476. The number of hydrazine groups is 1. The second-order valence-corrected chi connectivity index (χ2v) is 16.0. The highest BCUT2D eigenvalue weighted by atomic mass is 32.1. The number of rotatable bonds is 10. The quantitative estimate of drug-likeness (QED) is 0.0484. The number of amides is 2. The smallest absolute Gasteiger partial charge is 0.242 e. The minimum atomic E-state index is -0.381. The Labute approximate surface area is 340 Å². The number of aryl methyl sites for hydroxylation is 1. The summed E-state index contributed by atoms with van der Waals surface area (Å²) in [7, 11) is 3.21. The summed E-state index contributed by atoms with van der Waals surface area (Å²) in [6, 6.07) is 12.0. The summed E-state index contributed by atoms with van der Waals surface area (Å²) < 4.78 is 5.34. The third kappa shape index (κ3) is 13.4. The summed E-state index contributed by atoms with van der Waals surface area (Å²) >= 11 is 1.55. The van der Waals surface area contributed by atoms with E-state index in [4.69, 9.17) is 16.3 Å². The number of nitrogens with zero attached hydrogens (tertiary/aromatic N) is 3. The lowest BCUT2D eigenvalue weighted by atomic mass is 10.1. The summed E-state index contributed by atoms with van der Waals surface area (Å²) in [6.45, 7) is 17.2. The van der Waals surface area contributed by atoms with Gasteiger partial charge < -0.3 is 31.0 Å². The molecule has 6 rings (SSSR count). The van der Waals surface area contributed by atoms with Gasteiger partial charge in [-0.3, -0.25) is 19.2 Å². The number of aromatic nitrogens is 2. The number of ketones is 1. The zero-order chi connectivity index (χ0) is 42.4. The van der Waals surface area contributed by atoms with E-state index in [1.54, 1.807) is 67.6 Å². The highest BCUT2D eigenvalue weighted by Gasteiger charge is 2.36. The van der Waals surface area contributed by atoms with Gasteiger partial charge in [0.15, 0.2) is 11.3 Å². The Kier molecular flexibility index (Phi) is 17.7. The molecule has 0 bridgehead atoms.